The summed E-state index contributed by atoms with van der Waals surface area (Å²) in [5.41, 5.74) is 4.15. The molecule has 0 aliphatic heterocycles. The first-order chi connectivity index (χ1) is 7.16. The number of aryl methyl sites for hydroxylation is 1. The highest BCUT2D eigenvalue weighted by molar-refractivity contribution is 5.49. The quantitative estimate of drug-likeness (QED) is 0.781. The third-order valence-corrected chi connectivity index (χ3v) is 3.18. The van der Waals surface area contributed by atoms with Gasteiger partial charge in [-0.1, -0.05) is 19.9 Å². The molecule has 1 aromatic rings. The van der Waals surface area contributed by atoms with E-state index in [1.54, 1.807) is 0 Å². The first kappa shape index (κ1) is 10.5. The lowest BCUT2D eigenvalue weighted by atomic mass is 9.98. The van der Waals surface area contributed by atoms with Crippen molar-refractivity contribution >= 4 is 5.69 Å². The maximum Gasteiger partial charge on any atom is 0.0343 e. The van der Waals surface area contributed by atoms with Gasteiger partial charge in [0.25, 0.3) is 0 Å². The molecule has 1 aromatic carbocycles. The molecule has 0 saturated heterocycles. The van der Waals surface area contributed by atoms with Gasteiger partial charge in [-0.2, -0.15) is 0 Å². The predicted octanol–water partition coefficient (Wildman–Crippen LogP) is 3.94. The number of anilines is 1. The van der Waals surface area contributed by atoms with E-state index in [0.29, 0.717) is 5.92 Å². The fourth-order valence-electron chi connectivity index (χ4n) is 2.02. The van der Waals surface area contributed by atoms with Gasteiger partial charge in [0.05, 0.1) is 0 Å². The summed E-state index contributed by atoms with van der Waals surface area (Å²) in [6.45, 7) is 7.86. The van der Waals surface area contributed by atoms with Gasteiger partial charge in [0.15, 0.2) is 0 Å². The first-order valence-corrected chi connectivity index (χ1v) is 6.01. The van der Waals surface area contributed by atoms with Crippen molar-refractivity contribution in [1.29, 1.82) is 0 Å². The second kappa shape index (κ2) is 4.26. The average Bonchev–Trinajstić information content (AvgIpc) is 2.97. The van der Waals surface area contributed by atoms with E-state index in [9.17, 15) is 0 Å². The molecule has 0 amide bonds. The van der Waals surface area contributed by atoms with Crippen LogP contribution in [0.5, 0.6) is 0 Å². The summed E-state index contributed by atoms with van der Waals surface area (Å²) in [6, 6.07) is 6.75. The fraction of sp³-hybridized carbons (Fsp3) is 0.571. The number of hydrogen-bond donors (Lipinski definition) is 1. The van der Waals surface area contributed by atoms with E-state index in [4.69, 9.17) is 0 Å². The van der Waals surface area contributed by atoms with Crippen LogP contribution >= 0.6 is 0 Å². The van der Waals surface area contributed by atoms with E-state index in [1.165, 1.54) is 29.7 Å². The number of nitrogens with one attached hydrogen (secondary N) is 1. The third kappa shape index (κ3) is 2.74. The SMILES string of the molecule is Cc1cc(NCC2CC2)ccc1C(C)C. The molecule has 2 rings (SSSR count). The van der Waals surface area contributed by atoms with Crippen LogP contribution in [0.15, 0.2) is 18.2 Å². The molecule has 1 aliphatic carbocycles. The lowest BCUT2D eigenvalue weighted by Crippen LogP contribution is -2.04. The molecule has 1 heteroatoms. The van der Waals surface area contributed by atoms with E-state index in [1.807, 2.05) is 0 Å². The van der Waals surface area contributed by atoms with Gasteiger partial charge in [0, 0.05) is 12.2 Å². The Balaban J connectivity index is 2.03. The Bertz CT molecular complexity index is 337. The van der Waals surface area contributed by atoms with E-state index in [-0.39, 0.29) is 0 Å². The summed E-state index contributed by atoms with van der Waals surface area (Å²) in [5.74, 6) is 1.57. The normalized spacial score (nSPS) is 15.7. The van der Waals surface area contributed by atoms with Crippen LogP contribution in [-0.2, 0) is 0 Å². The largest absolute Gasteiger partial charge is 0.385 e. The Labute approximate surface area is 92.9 Å². The Kier molecular flexibility index (Phi) is 2.99. The monoisotopic (exact) mass is 203 g/mol. The van der Waals surface area contributed by atoms with Gasteiger partial charge in [-0.15, -0.1) is 0 Å². The van der Waals surface area contributed by atoms with Crippen LogP contribution in [0.3, 0.4) is 0 Å². The zero-order valence-corrected chi connectivity index (χ0v) is 10.0. The minimum absolute atomic E-state index is 0.627. The lowest BCUT2D eigenvalue weighted by Gasteiger charge is -2.12. The Morgan fingerprint density at radius 1 is 1.33 bits per heavy atom. The molecule has 0 bridgehead atoms. The molecule has 1 saturated carbocycles. The molecule has 0 atom stereocenters. The van der Waals surface area contributed by atoms with Crippen molar-refractivity contribution in [2.75, 3.05) is 11.9 Å². The van der Waals surface area contributed by atoms with Gasteiger partial charge in [-0.05, 0) is 54.9 Å². The summed E-state index contributed by atoms with van der Waals surface area (Å²) in [6.07, 6.45) is 2.83. The summed E-state index contributed by atoms with van der Waals surface area (Å²) in [5, 5.41) is 3.51. The minimum Gasteiger partial charge on any atom is -0.385 e. The zero-order chi connectivity index (χ0) is 10.8. The van der Waals surface area contributed by atoms with Crippen LogP contribution in [0.4, 0.5) is 5.69 Å². The maximum absolute atomic E-state index is 3.51. The van der Waals surface area contributed by atoms with Crippen molar-refractivity contribution in [3.63, 3.8) is 0 Å². The second-order valence-corrected chi connectivity index (χ2v) is 5.05. The number of benzene rings is 1. The van der Waals surface area contributed by atoms with Crippen molar-refractivity contribution in [2.45, 2.75) is 39.5 Å². The number of hydrogen-bond acceptors (Lipinski definition) is 1. The Morgan fingerprint density at radius 2 is 2.07 bits per heavy atom. The third-order valence-electron chi connectivity index (χ3n) is 3.18. The van der Waals surface area contributed by atoms with Crippen molar-refractivity contribution < 1.29 is 0 Å². The van der Waals surface area contributed by atoms with Crippen LogP contribution in [0, 0.1) is 12.8 Å². The van der Waals surface area contributed by atoms with Gasteiger partial charge in [-0.3, -0.25) is 0 Å². The molecule has 0 unspecified atom stereocenters. The molecule has 15 heavy (non-hydrogen) atoms. The highest BCUT2D eigenvalue weighted by atomic mass is 14.9. The van der Waals surface area contributed by atoms with Crippen molar-refractivity contribution in [3.8, 4) is 0 Å². The van der Waals surface area contributed by atoms with E-state index in [2.05, 4.69) is 44.3 Å². The van der Waals surface area contributed by atoms with Crippen LogP contribution in [0.1, 0.15) is 43.7 Å². The van der Waals surface area contributed by atoms with E-state index < -0.39 is 0 Å². The van der Waals surface area contributed by atoms with E-state index in [0.717, 1.165) is 12.5 Å². The fourth-order valence-corrected chi connectivity index (χ4v) is 2.02. The minimum atomic E-state index is 0.627. The molecule has 1 nitrogen and oxygen atoms in total. The molecule has 0 aromatic heterocycles. The second-order valence-electron chi connectivity index (χ2n) is 5.05. The summed E-state index contributed by atoms with van der Waals surface area (Å²) >= 11 is 0. The molecule has 1 aliphatic rings. The Morgan fingerprint density at radius 3 is 2.60 bits per heavy atom. The van der Waals surface area contributed by atoms with Crippen LogP contribution in [-0.4, -0.2) is 6.54 Å². The van der Waals surface area contributed by atoms with Gasteiger partial charge >= 0.3 is 0 Å². The van der Waals surface area contributed by atoms with Crippen molar-refractivity contribution in [2.24, 2.45) is 5.92 Å². The van der Waals surface area contributed by atoms with Crippen molar-refractivity contribution in [1.82, 2.24) is 0 Å². The molecule has 1 fully saturated rings. The summed E-state index contributed by atoms with van der Waals surface area (Å²) in [4.78, 5) is 0. The van der Waals surface area contributed by atoms with Crippen LogP contribution in [0.2, 0.25) is 0 Å². The standard InChI is InChI=1S/C14H21N/c1-10(2)14-7-6-13(8-11(14)3)15-9-12-4-5-12/h6-8,10,12,15H,4-5,9H2,1-3H3. The van der Waals surface area contributed by atoms with Gasteiger partial charge < -0.3 is 5.32 Å². The summed E-state index contributed by atoms with van der Waals surface area (Å²) in [7, 11) is 0. The predicted molar refractivity (Wildman–Crippen MR) is 66.5 cm³/mol. The molecule has 0 spiro atoms. The molecule has 1 N–H and O–H groups in total. The molecule has 82 valence electrons. The van der Waals surface area contributed by atoms with E-state index >= 15 is 0 Å². The Hall–Kier alpha value is -0.980. The lowest BCUT2D eigenvalue weighted by molar-refractivity contribution is 0.854. The zero-order valence-electron chi connectivity index (χ0n) is 10.0. The highest BCUT2D eigenvalue weighted by Crippen LogP contribution is 2.29. The topological polar surface area (TPSA) is 12.0 Å². The number of rotatable bonds is 4. The smallest absolute Gasteiger partial charge is 0.0343 e. The van der Waals surface area contributed by atoms with Gasteiger partial charge in [-0.25, -0.2) is 0 Å². The highest BCUT2D eigenvalue weighted by Gasteiger charge is 2.20. The van der Waals surface area contributed by atoms with Crippen LogP contribution < -0.4 is 5.32 Å². The van der Waals surface area contributed by atoms with Crippen molar-refractivity contribution in [3.05, 3.63) is 29.3 Å². The molecule has 0 heterocycles. The molecule has 0 radical (unpaired) electrons. The molecular weight excluding hydrogens is 182 g/mol. The molecular formula is C14H21N. The summed E-state index contributed by atoms with van der Waals surface area (Å²) < 4.78 is 0. The van der Waals surface area contributed by atoms with Gasteiger partial charge in [0.1, 0.15) is 0 Å². The first-order valence-electron chi connectivity index (χ1n) is 6.01. The maximum atomic E-state index is 3.51. The van der Waals surface area contributed by atoms with Crippen LogP contribution in [0.25, 0.3) is 0 Å². The average molecular weight is 203 g/mol. The van der Waals surface area contributed by atoms with Gasteiger partial charge in [0.2, 0.25) is 0 Å².